The zero-order chi connectivity index (χ0) is 13.8. The van der Waals surface area contributed by atoms with Gasteiger partial charge >= 0.3 is 5.97 Å². The number of hydrogen-bond acceptors (Lipinski definition) is 5. The molecule has 0 aliphatic rings. The van der Waals surface area contributed by atoms with Gasteiger partial charge in [0.25, 0.3) is 0 Å². The summed E-state index contributed by atoms with van der Waals surface area (Å²) in [5, 5.41) is 15.2. The fourth-order valence-electron chi connectivity index (χ4n) is 1.49. The summed E-state index contributed by atoms with van der Waals surface area (Å²) in [6, 6.07) is 1.38. The Hall–Kier alpha value is -1.66. The van der Waals surface area contributed by atoms with Gasteiger partial charge in [0.15, 0.2) is 0 Å². The summed E-state index contributed by atoms with van der Waals surface area (Å²) in [4.78, 5) is 19.1. The van der Waals surface area contributed by atoms with Crippen LogP contribution in [0.3, 0.4) is 0 Å². The number of hydrogen-bond donors (Lipinski definition) is 2. The van der Waals surface area contributed by atoms with E-state index in [4.69, 9.17) is 16.7 Å². The smallest absolute Gasteiger partial charge is 0.337 e. The monoisotopic (exact) mass is 297 g/mol. The van der Waals surface area contributed by atoms with Crippen LogP contribution in [0.4, 0.5) is 5.82 Å². The largest absolute Gasteiger partial charge is 0.478 e. The normalized spacial score (nSPS) is 10.4. The number of thiazole rings is 1. The van der Waals surface area contributed by atoms with Crippen LogP contribution < -0.4 is 5.32 Å². The fraction of sp³-hybridized carbons (Fsp3) is 0.250. The highest BCUT2D eigenvalue weighted by Gasteiger charge is 2.08. The molecule has 0 amide bonds. The highest BCUT2D eigenvalue weighted by molar-refractivity contribution is 7.09. The van der Waals surface area contributed by atoms with E-state index in [-0.39, 0.29) is 5.56 Å². The number of carboxylic acids is 1. The quantitative estimate of drug-likeness (QED) is 0.887. The Morgan fingerprint density at radius 2 is 2.37 bits per heavy atom. The molecule has 0 aromatic carbocycles. The van der Waals surface area contributed by atoms with Crippen molar-refractivity contribution < 1.29 is 9.90 Å². The molecule has 2 rings (SSSR count). The van der Waals surface area contributed by atoms with Gasteiger partial charge in [-0.15, -0.1) is 11.3 Å². The van der Waals surface area contributed by atoms with E-state index < -0.39 is 5.97 Å². The van der Waals surface area contributed by atoms with Gasteiger partial charge < -0.3 is 10.4 Å². The second-order valence-electron chi connectivity index (χ2n) is 3.92. The highest BCUT2D eigenvalue weighted by atomic mass is 35.5. The number of anilines is 1. The predicted octanol–water partition coefficient (Wildman–Crippen LogP) is 2.85. The van der Waals surface area contributed by atoms with Crippen molar-refractivity contribution in [1.82, 2.24) is 9.97 Å². The lowest BCUT2D eigenvalue weighted by Crippen LogP contribution is -2.08. The van der Waals surface area contributed by atoms with Gasteiger partial charge in [-0.05, 0) is 13.0 Å². The topological polar surface area (TPSA) is 75.1 Å². The number of aryl methyl sites for hydroxylation is 1. The first-order valence-corrected chi connectivity index (χ1v) is 6.85. The van der Waals surface area contributed by atoms with E-state index in [9.17, 15) is 4.79 Å². The van der Waals surface area contributed by atoms with Crippen LogP contribution in [0.1, 0.15) is 21.1 Å². The third-order valence-corrected chi connectivity index (χ3v) is 3.70. The molecule has 0 saturated carbocycles. The third-order valence-electron chi connectivity index (χ3n) is 2.39. The maximum atomic E-state index is 10.7. The minimum Gasteiger partial charge on any atom is -0.478 e. The molecule has 19 heavy (non-hydrogen) atoms. The molecule has 2 heterocycles. The van der Waals surface area contributed by atoms with E-state index in [1.807, 2.05) is 12.3 Å². The predicted molar refractivity (Wildman–Crippen MR) is 75.3 cm³/mol. The van der Waals surface area contributed by atoms with E-state index in [2.05, 4.69) is 15.3 Å². The standard InChI is InChI=1S/C12H12ClN3O2S/c1-7-6-19-10(16-7)2-3-14-11-9(13)4-8(5-15-11)12(17)18/h4-6H,2-3H2,1H3,(H,14,15)(H,17,18). The molecule has 2 aromatic heterocycles. The summed E-state index contributed by atoms with van der Waals surface area (Å²) in [5.74, 6) is -0.556. The van der Waals surface area contributed by atoms with Crippen molar-refractivity contribution in [3.05, 3.63) is 38.9 Å². The molecule has 0 fully saturated rings. The van der Waals surface area contributed by atoms with Crippen molar-refractivity contribution in [3.63, 3.8) is 0 Å². The minimum absolute atomic E-state index is 0.0751. The van der Waals surface area contributed by atoms with Gasteiger partial charge in [0.05, 0.1) is 15.6 Å². The van der Waals surface area contributed by atoms with Crippen LogP contribution in [0.15, 0.2) is 17.6 Å². The molecule has 0 spiro atoms. The molecule has 2 N–H and O–H groups in total. The van der Waals surface area contributed by atoms with E-state index in [1.54, 1.807) is 11.3 Å². The molecule has 0 radical (unpaired) electrons. The second kappa shape index (κ2) is 5.99. The lowest BCUT2D eigenvalue weighted by molar-refractivity contribution is 0.0696. The Morgan fingerprint density at radius 1 is 1.58 bits per heavy atom. The molecule has 100 valence electrons. The molecule has 2 aromatic rings. The van der Waals surface area contributed by atoms with E-state index in [0.717, 1.165) is 17.1 Å². The number of nitrogens with one attached hydrogen (secondary N) is 1. The first kappa shape index (κ1) is 13.8. The number of carbonyl (C=O) groups is 1. The Labute approximate surface area is 119 Å². The number of rotatable bonds is 5. The molecule has 7 heteroatoms. The molecule has 0 atom stereocenters. The summed E-state index contributed by atoms with van der Waals surface area (Å²) in [6.45, 7) is 2.60. The number of pyridine rings is 1. The van der Waals surface area contributed by atoms with Gasteiger partial charge in [-0.1, -0.05) is 11.6 Å². The van der Waals surface area contributed by atoms with Crippen molar-refractivity contribution >= 4 is 34.7 Å². The molecular formula is C12H12ClN3O2S. The lowest BCUT2D eigenvalue weighted by Gasteiger charge is -2.06. The van der Waals surface area contributed by atoms with Crippen LogP contribution >= 0.6 is 22.9 Å². The van der Waals surface area contributed by atoms with Crippen molar-refractivity contribution in [1.29, 1.82) is 0 Å². The van der Waals surface area contributed by atoms with Crippen LogP contribution in [-0.2, 0) is 6.42 Å². The van der Waals surface area contributed by atoms with E-state index >= 15 is 0 Å². The van der Waals surface area contributed by atoms with Crippen LogP contribution in [0.5, 0.6) is 0 Å². The van der Waals surface area contributed by atoms with Gasteiger partial charge in [-0.2, -0.15) is 0 Å². The first-order chi connectivity index (χ1) is 9.06. The number of carboxylic acid groups (broad SMARTS) is 1. The van der Waals surface area contributed by atoms with Crippen LogP contribution in [0.25, 0.3) is 0 Å². The Kier molecular flexibility index (Phi) is 4.34. The Balaban J connectivity index is 1.94. The summed E-state index contributed by atoms with van der Waals surface area (Å²) in [5.41, 5.74) is 1.09. The van der Waals surface area contributed by atoms with Gasteiger partial charge in [0.2, 0.25) is 0 Å². The average Bonchev–Trinajstić information content (AvgIpc) is 2.77. The number of aromatic carboxylic acids is 1. The van der Waals surface area contributed by atoms with E-state index in [1.165, 1.54) is 12.3 Å². The first-order valence-electron chi connectivity index (χ1n) is 5.60. The second-order valence-corrected chi connectivity index (χ2v) is 5.27. The van der Waals surface area contributed by atoms with Crippen LogP contribution in [0, 0.1) is 6.92 Å². The summed E-state index contributed by atoms with van der Waals surface area (Å²) in [7, 11) is 0. The SMILES string of the molecule is Cc1csc(CCNc2ncc(C(=O)O)cc2Cl)n1. The fourth-order valence-corrected chi connectivity index (χ4v) is 2.50. The summed E-state index contributed by atoms with van der Waals surface area (Å²) < 4.78 is 0. The van der Waals surface area contributed by atoms with Crippen LogP contribution in [0.2, 0.25) is 5.02 Å². The molecule has 0 unspecified atom stereocenters. The van der Waals surface area contributed by atoms with Crippen molar-refractivity contribution in [2.45, 2.75) is 13.3 Å². The van der Waals surface area contributed by atoms with Gasteiger partial charge in [-0.3, -0.25) is 0 Å². The summed E-state index contributed by atoms with van der Waals surface area (Å²) in [6.07, 6.45) is 2.06. The minimum atomic E-state index is -1.04. The van der Waals surface area contributed by atoms with Crippen LogP contribution in [-0.4, -0.2) is 27.6 Å². The maximum Gasteiger partial charge on any atom is 0.337 e. The molecule has 0 aliphatic carbocycles. The van der Waals surface area contributed by atoms with Crippen molar-refractivity contribution in [2.75, 3.05) is 11.9 Å². The third kappa shape index (κ3) is 3.65. The highest BCUT2D eigenvalue weighted by Crippen LogP contribution is 2.20. The zero-order valence-electron chi connectivity index (χ0n) is 10.2. The van der Waals surface area contributed by atoms with Gasteiger partial charge in [0.1, 0.15) is 5.82 Å². The Morgan fingerprint density at radius 3 is 2.95 bits per heavy atom. The number of halogens is 1. The number of nitrogens with zero attached hydrogens (tertiary/aromatic N) is 2. The molecule has 0 saturated heterocycles. The Bertz CT molecular complexity index is 600. The molecular weight excluding hydrogens is 286 g/mol. The van der Waals surface area contributed by atoms with Gasteiger partial charge in [-0.25, -0.2) is 14.8 Å². The molecule has 0 bridgehead atoms. The van der Waals surface area contributed by atoms with Crippen molar-refractivity contribution in [3.8, 4) is 0 Å². The number of aromatic nitrogens is 2. The lowest BCUT2D eigenvalue weighted by atomic mass is 10.3. The summed E-state index contributed by atoms with van der Waals surface area (Å²) >= 11 is 7.57. The van der Waals surface area contributed by atoms with E-state index in [0.29, 0.717) is 17.4 Å². The zero-order valence-corrected chi connectivity index (χ0v) is 11.8. The van der Waals surface area contributed by atoms with Gasteiger partial charge in [0, 0.05) is 30.2 Å². The average molecular weight is 298 g/mol. The van der Waals surface area contributed by atoms with Crippen molar-refractivity contribution in [2.24, 2.45) is 0 Å². The molecule has 0 aliphatic heterocycles. The molecule has 5 nitrogen and oxygen atoms in total. The maximum absolute atomic E-state index is 10.7.